The zero-order valence-corrected chi connectivity index (χ0v) is 11.9. The van der Waals surface area contributed by atoms with Gasteiger partial charge >= 0.3 is 0 Å². The molecule has 4 nitrogen and oxygen atoms in total. The molecule has 1 unspecified atom stereocenters. The van der Waals surface area contributed by atoms with Crippen molar-refractivity contribution in [1.82, 2.24) is 0 Å². The fourth-order valence-electron chi connectivity index (χ4n) is 1.93. The Morgan fingerprint density at radius 3 is 1.25 bits per heavy atom. The van der Waals surface area contributed by atoms with Crippen molar-refractivity contribution < 1.29 is 0 Å². The van der Waals surface area contributed by atoms with Crippen LogP contribution >= 0.6 is 0 Å². The van der Waals surface area contributed by atoms with E-state index in [1.165, 1.54) is 0 Å². The van der Waals surface area contributed by atoms with Crippen molar-refractivity contribution in [3.8, 4) is 0 Å². The van der Waals surface area contributed by atoms with Crippen LogP contribution in [0.5, 0.6) is 0 Å². The summed E-state index contributed by atoms with van der Waals surface area (Å²) in [4.78, 5) is 0. The summed E-state index contributed by atoms with van der Waals surface area (Å²) in [5, 5.41) is 0. The molecule has 16 heavy (non-hydrogen) atoms. The largest absolute Gasteiger partial charge is 0.321 e. The minimum atomic E-state index is -1.40. The second-order valence-corrected chi connectivity index (χ2v) is 6.64. The first-order valence-corrected chi connectivity index (χ1v) is 5.85. The lowest BCUT2D eigenvalue weighted by molar-refractivity contribution is -0.0434. The van der Waals surface area contributed by atoms with E-state index < -0.39 is 11.3 Å². The molecule has 0 aliphatic heterocycles. The van der Waals surface area contributed by atoms with Crippen molar-refractivity contribution in [3.63, 3.8) is 0 Å². The Morgan fingerprint density at radius 1 is 0.750 bits per heavy atom. The normalized spacial score (nSPS) is 18.8. The molecule has 0 aromatic carbocycles. The molecular formula is C12H30N4. The molecule has 0 amide bonds. The number of hydrogen-bond donors (Lipinski definition) is 4. The van der Waals surface area contributed by atoms with Gasteiger partial charge in [0.2, 0.25) is 0 Å². The van der Waals surface area contributed by atoms with Crippen molar-refractivity contribution in [3.05, 3.63) is 0 Å². The van der Waals surface area contributed by atoms with Gasteiger partial charge in [0.05, 0.1) is 5.54 Å². The molecule has 0 aromatic rings. The fourth-order valence-corrected chi connectivity index (χ4v) is 1.93. The number of hydrogen-bond acceptors (Lipinski definition) is 4. The fraction of sp³-hybridized carbons (Fsp3) is 1.00. The van der Waals surface area contributed by atoms with Crippen molar-refractivity contribution in [2.24, 2.45) is 39.7 Å². The highest BCUT2D eigenvalue weighted by Gasteiger charge is 2.55. The average molecular weight is 230 g/mol. The molecule has 8 N–H and O–H groups in total. The Labute approximate surface area is 100 Å². The van der Waals surface area contributed by atoms with Crippen LogP contribution in [0.15, 0.2) is 0 Å². The Morgan fingerprint density at radius 2 is 1.06 bits per heavy atom. The molecule has 98 valence electrons. The maximum Gasteiger partial charge on any atom is 0.134 e. The summed E-state index contributed by atoms with van der Waals surface area (Å²) in [5.74, 6) is -0.949. The van der Waals surface area contributed by atoms with Gasteiger partial charge in [-0.25, -0.2) is 0 Å². The Hall–Kier alpha value is -0.160. The molecule has 0 aromatic heterocycles. The molecule has 1 atom stereocenters. The van der Waals surface area contributed by atoms with Crippen LogP contribution in [0.3, 0.4) is 0 Å². The lowest BCUT2D eigenvalue weighted by Gasteiger charge is -2.57. The monoisotopic (exact) mass is 230 g/mol. The Kier molecular flexibility index (Phi) is 3.91. The first kappa shape index (κ1) is 15.8. The first-order chi connectivity index (χ1) is 6.69. The van der Waals surface area contributed by atoms with Crippen LogP contribution in [-0.2, 0) is 0 Å². The second-order valence-electron chi connectivity index (χ2n) is 6.64. The lowest BCUT2D eigenvalue weighted by atomic mass is 9.53. The third-order valence-corrected chi connectivity index (χ3v) is 5.25. The van der Waals surface area contributed by atoms with Gasteiger partial charge in [0.25, 0.3) is 0 Å². The molecule has 0 aliphatic rings. The van der Waals surface area contributed by atoms with Crippen LogP contribution < -0.4 is 22.9 Å². The molecule has 0 aliphatic carbocycles. The summed E-state index contributed by atoms with van der Waals surface area (Å²) >= 11 is 0. The van der Waals surface area contributed by atoms with Crippen LogP contribution in [0.4, 0.5) is 0 Å². The molecule has 0 heterocycles. The van der Waals surface area contributed by atoms with E-state index >= 15 is 0 Å². The van der Waals surface area contributed by atoms with E-state index in [-0.39, 0.29) is 10.8 Å². The van der Waals surface area contributed by atoms with E-state index in [0.29, 0.717) is 5.92 Å². The Balaban J connectivity index is 5.53. The third-order valence-electron chi connectivity index (χ3n) is 5.25. The molecule has 0 saturated carbocycles. The number of nitrogens with two attached hydrogens (primary N) is 4. The van der Waals surface area contributed by atoms with Gasteiger partial charge in [-0.15, -0.1) is 0 Å². The smallest absolute Gasteiger partial charge is 0.134 e. The second kappa shape index (κ2) is 3.95. The van der Waals surface area contributed by atoms with Gasteiger partial charge < -0.3 is 5.73 Å². The van der Waals surface area contributed by atoms with E-state index in [9.17, 15) is 0 Å². The molecule has 0 radical (unpaired) electrons. The van der Waals surface area contributed by atoms with E-state index in [0.717, 1.165) is 0 Å². The van der Waals surface area contributed by atoms with Crippen LogP contribution in [0.25, 0.3) is 0 Å². The molecular weight excluding hydrogens is 200 g/mol. The topological polar surface area (TPSA) is 104 Å². The van der Waals surface area contributed by atoms with E-state index in [1.54, 1.807) is 0 Å². The summed E-state index contributed by atoms with van der Waals surface area (Å²) in [5.41, 5.74) is 22.6. The average Bonchev–Trinajstić information content (AvgIpc) is 2.00. The number of rotatable bonds is 4. The van der Waals surface area contributed by atoms with Crippen molar-refractivity contribution in [1.29, 1.82) is 0 Å². The van der Waals surface area contributed by atoms with Crippen molar-refractivity contribution >= 4 is 0 Å². The zero-order valence-electron chi connectivity index (χ0n) is 11.9. The molecule has 0 saturated heterocycles. The van der Waals surface area contributed by atoms with Crippen LogP contribution in [0.2, 0.25) is 0 Å². The van der Waals surface area contributed by atoms with Gasteiger partial charge in [0.1, 0.15) is 5.79 Å². The zero-order chi connectivity index (χ0) is 13.6. The van der Waals surface area contributed by atoms with Gasteiger partial charge in [-0.1, -0.05) is 41.5 Å². The summed E-state index contributed by atoms with van der Waals surface area (Å²) in [6.45, 7) is 14.7. The summed E-state index contributed by atoms with van der Waals surface area (Å²) in [7, 11) is 0. The molecule has 0 rings (SSSR count). The minimum absolute atomic E-state index is 0.0279. The molecule has 0 spiro atoms. The third kappa shape index (κ3) is 2.12. The predicted molar refractivity (Wildman–Crippen MR) is 70.3 cm³/mol. The first-order valence-electron chi connectivity index (χ1n) is 5.85. The van der Waals surface area contributed by atoms with Crippen LogP contribution in [0.1, 0.15) is 48.5 Å². The lowest BCUT2D eigenvalue weighted by Crippen LogP contribution is -2.81. The Bertz CT molecular complexity index is 246. The minimum Gasteiger partial charge on any atom is -0.321 e. The van der Waals surface area contributed by atoms with E-state index in [2.05, 4.69) is 41.5 Å². The van der Waals surface area contributed by atoms with Gasteiger partial charge in [0.15, 0.2) is 0 Å². The SMILES string of the molecule is CC(C)C(C)(C)C(C)(C)C(C)(N)C(N)(N)N. The highest BCUT2D eigenvalue weighted by atomic mass is 15.2. The molecule has 0 fully saturated rings. The maximum absolute atomic E-state index is 6.32. The predicted octanol–water partition coefficient (Wildman–Crippen LogP) is 0.942. The standard InChI is InChI=1S/C12H30N4/c1-8(2)9(3,4)10(5,6)11(7,13)12(14,15)16/h8H,13-16H2,1-7H3. The molecule has 0 bridgehead atoms. The summed E-state index contributed by atoms with van der Waals surface area (Å²) < 4.78 is 0. The van der Waals surface area contributed by atoms with Gasteiger partial charge in [-0.3, -0.25) is 17.2 Å². The summed E-state index contributed by atoms with van der Waals surface area (Å²) in [6.07, 6.45) is 0. The maximum atomic E-state index is 6.32. The van der Waals surface area contributed by atoms with E-state index in [1.807, 2.05) is 6.92 Å². The van der Waals surface area contributed by atoms with Crippen LogP contribution in [-0.4, -0.2) is 11.3 Å². The quantitative estimate of drug-likeness (QED) is 0.539. The van der Waals surface area contributed by atoms with Gasteiger partial charge in [0, 0.05) is 0 Å². The van der Waals surface area contributed by atoms with Crippen molar-refractivity contribution in [2.45, 2.75) is 59.8 Å². The summed E-state index contributed by atoms with van der Waals surface area (Å²) in [6, 6.07) is 0. The van der Waals surface area contributed by atoms with E-state index in [4.69, 9.17) is 22.9 Å². The molecule has 4 heteroatoms. The van der Waals surface area contributed by atoms with Crippen LogP contribution in [0, 0.1) is 16.7 Å². The van der Waals surface area contributed by atoms with Gasteiger partial charge in [-0.2, -0.15) is 0 Å². The highest BCUT2D eigenvalue weighted by Crippen LogP contribution is 2.51. The van der Waals surface area contributed by atoms with Gasteiger partial charge in [-0.05, 0) is 23.7 Å². The van der Waals surface area contributed by atoms with Crippen molar-refractivity contribution in [2.75, 3.05) is 0 Å². The highest BCUT2D eigenvalue weighted by molar-refractivity contribution is 5.10.